The van der Waals surface area contributed by atoms with E-state index in [1.807, 2.05) is 49.4 Å². The van der Waals surface area contributed by atoms with Crippen LogP contribution in [0.4, 0.5) is 5.69 Å². The minimum absolute atomic E-state index is 0.0138. The molecule has 4 heterocycles. The molecule has 4 aromatic heterocycles. The Bertz CT molecular complexity index is 1700. The number of benzene rings is 2. The SMILES string of the molecule is CCCC(=O)Nc1cncc(-c2ccc3[nH]nc(-c4nc5c(-c6ccncc6)cccc5[nH]4)c3c2)c1. The lowest BCUT2D eigenvalue weighted by molar-refractivity contribution is -0.116. The molecule has 176 valence electrons. The molecule has 0 fully saturated rings. The van der Waals surface area contributed by atoms with E-state index < -0.39 is 0 Å². The van der Waals surface area contributed by atoms with E-state index in [-0.39, 0.29) is 5.91 Å². The first-order chi connectivity index (χ1) is 17.7. The molecule has 0 bridgehead atoms. The number of hydrogen-bond acceptors (Lipinski definition) is 5. The van der Waals surface area contributed by atoms with Crippen molar-refractivity contribution >= 4 is 33.5 Å². The third-order valence-electron chi connectivity index (χ3n) is 6.12. The number of fused-ring (bicyclic) bond motifs is 2. The summed E-state index contributed by atoms with van der Waals surface area (Å²) >= 11 is 0. The molecule has 8 nitrogen and oxygen atoms in total. The highest BCUT2D eigenvalue weighted by molar-refractivity contribution is 5.98. The summed E-state index contributed by atoms with van der Waals surface area (Å²) in [7, 11) is 0. The number of carbonyl (C=O) groups is 1. The van der Waals surface area contributed by atoms with Crippen LogP contribution in [-0.2, 0) is 4.79 Å². The van der Waals surface area contributed by atoms with Crippen LogP contribution >= 0.6 is 0 Å². The molecular formula is C28H23N7O. The molecule has 0 aliphatic rings. The van der Waals surface area contributed by atoms with Crippen LogP contribution in [0.3, 0.4) is 0 Å². The number of rotatable bonds is 6. The van der Waals surface area contributed by atoms with Crippen LogP contribution in [0.25, 0.3) is 55.7 Å². The van der Waals surface area contributed by atoms with E-state index in [0.29, 0.717) is 17.9 Å². The van der Waals surface area contributed by atoms with E-state index in [2.05, 4.69) is 42.6 Å². The molecule has 36 heavy (non-hydrogen) atoms. The molecule has 0 saturated heterocycles. The highest BCUT2D eigenvalue weighted by atomic mass is 16.1. The summed E-state index contributed by atoms with van der Waals surface area (Å²) < 4.78 is 0. The molecule has 2 aromatic carbocycles. The number of nitrogens with zero attached hydrogens (tertiary/aromatic N) is 4. The standard InChI is InChI=1S/C28H23N7O/c1-2-4-25(36)31-20-13-19(15-30-16-20)18-7-8-23-22(14-18)27(35-34-23)28-32-24-6-3-5-21(26(24)33-28)17-9-11-29-12-10-17/h3,5-16H,2,4H2,1H3,(H,31,36)(H,32,33)(H,34,35). The van der Waals surface area contributed by atoms with Gasteiger partial charge in [-0.3, -0.25) is 19.9 Å². The predicted molar refractivity (Wildman–Crippen MR) is 141 cm³/mol. The zero-order valence-electron chi connectivity index (χ0n) is 19.6. The Morgan fingerprint density at radius 1 is 0.917 bits per heavy atom. The van der Waals surface area contributed by atoms with Crippen molar-refractivity contribution in [1.29, 1.82) is 0 Å². The molecule has 8 heteroatoms. The second kappa shape index (κ2) is 9.07. The van der Waals surface area contributed by atoms with Crippen LogP contribution < -0.4 is 5.32 Å². The lowest BCUT2D eigenvalue weighted by Gasteiger charge is -2.07. The fraction of sp³-hybridized carbons (Fsp3) is 0.107. The molecule has 0 spiro atoms. The van der Waals surface area contributed by atoms with Gasteiger partial charge in [-0.15, -0.1) is 0 Å². The van der Waals surface area contributed by atoms with Gasteiger partial charge in [-0.1, -0.05) is 25.1 Å². The van der Waals surface area contributed by atoms with Gasteiger partial charge in [-0.25, -0.2) is 4.98 Å². The second-order valence-corrected chi connectivity index (χ2v) is 8.62. The lowest BCUT2D eigenvalue weighted by atomic mass is 10.0. The molecule has 3 N–H and O–H groups in total. The van der Waals surface area contributed by atoms with Crippen LogP contribution in [0, 0.1) is 0 Å². The van der Waals surface area contributed by atoms with Gasteiger partial charge in [0.15, 0.2) is 5.82 Å². The Morgan fingerprint density at radius 3 is 2.67 bits per heavy atom. The van der Waals surface area contributed by atoms with E-state index in [9.17, 15) is 4.79 Å². The monoisotopic (exact) mass is 473 g/mol. The van der Waals surface area contributed by atoms with Gasteiger partial charge in [-0.2, -0.15) is 5.10 Å². The van der Waals surface area contributed by atoms with Gasteiger partial charge in [-0.05, 0) is 53.9 Å². The van der Waals surface area contributed by atoms with Crippen LogP contribution in [0.2, 0.25) is 0 Å². The smallest absolute Gasteiger partial charge is 0.224 e. The van der Waals surface area contributed by atoms with E-state index in [1.165, 1.54) is 0 Å². The van der Waals surface area contributed by atoms with Crippen molar-refractivity contribution in [2.24, 2.45) is 0 Å². The number of pyridine rings is 2. The van der Waals surface area contributed by atoms with E-state index in [4.69, 9.17) is 4.98 Å². The predicted octanol–water partition coefficient (Wildman–Crippen LogP) is 5.97. The van der Waals surface area contributed by atoms with Gasteiger partial charge in [0.25, 0.3) is 0 Å². The number of aromatic nitrogens is 6. The normalized spacial score (nSPS) is 11.2. The molecule has 6 aromatic rings. The molecular weight excluding hydrogens is 450 g/mol. The Balaban J connectivity index is 1.40. The average Bonchev–Trinajstić information content (AvgIpc) is 3.53. The summed E-state index contributed by atoms with van der Waals surface area (Å²) in [5, 5.41) is 11.5. The minimum Gasteiger partial charge on any atom is -0.337 e. The van der Waals surface area contributed by atoms with Gasteiger partial charge < -0.3 is 10.3 Å². The molecule has 0 radical (unpaired) electrons. The van der Waals surface area contributed by atoms with Crippen LogP contribution in [0.5, 0.6) is 0 Å². The fourth-order valence-corrected chi connectivity index (χ4v) is 4.40. The van der Waals surface area contributed by atoms with E-state index in [0.717, 1.165) is 56.3 Å². The third-order valence-corrected chi connectivity index (χ3v) is 6.12. The largest absolute Gasteiger partial charge is 0.337 e. The number of aromatic amines is 2. The summed E-state index contributed by atoms with van der Waals surface area (Å²) in [6, 6.07) is 18.1. The maximum Gasteiger partial charge on any atom is 0.224 e. The van der Waals surface area contributed by atoms with Crippen LogP contribution in [0.15, 0.2) is 79.4 Å². The molecule has 0 saturated carbocycles. The van der Waals surface area contributed by atoms with E-state index in [1.54, 1.807) is 24.8 Å². The molecule has 0 aliphatic carbocycles. The number of hydrogen-bond donors (Lipinski definition) is 3. The number of imidazole rings is 1. The Kier molecular flexibility index (Phi) is 5.46. The van der Waals surface area contributed by atoms with Gasteiger partial charge in [0.2, 0.25) is 5.91 Å². The number of para-hydroxylation sites is 1. The molecule has 1 amide bonds. The summed E-state index contributed by atoms with van der Waals surface area (Å²) in [5.74, 6) is 0.675. The first-order valence-electron chi connectivity index (χ1n) is 11.8. The van der Waals surface area contributed by atoms with Gasteiger partial charge in [0, 0.05) is 41.5 Å². The van der Waals surface area contributed by atoms with Crippen molar-refractivity contribution in [1.82, 2.24) is 30.1 Å². The first kappa shape index (κ1) is 21.7. The van der Waals surface area contributed by atoms with Gasteiger partial charge in [0.05, 0.1) is 28.4 Å². The number of amides is 1. The summed E-state index contributed by atoms with van der Waals surface area (Å²) in [5.41, 5.74) is 8.11. The van der Waals surface area contributed by atoms with Crippen molar-refractivity contribution in [2.75, 3.05) is 5.32 Å². The Morgan fingerprint density at radius 2 is 1.81 bits per heavy atom. The topological polar surface area (TPSA) is 112 Å². The summed E-state index contributed by atoms with van der Waals surface area (Å²) in [6.45, 7) is 1.98. The zero-order chi connectivity index (χ0) is 24.5. The quantitative estimate of drug-likeness (QED) is 0.276. The third kappa shape index (κ3) is 3.98. The molecule has 0 aliphatic heterocycles. The maximum atomic E-state index is 12.0. The summed E-state index contributed by atoms with van der Waals surface area (Å²) in [4.78, 5) is 28.8. The highest BCUT2D eigenvalue weighted by Crippen LogP contribution is 2.33. The minimum atomic E-state index is -0.0138. The van der Waals surface area contributed by atoms with Crippen LogP contribution in [-0.4, -0.2) is 36.0 Å². The van der Waals surface area contributed by atoms with Gasteiger partial charge in [0.1, 0.15) is 5.69 Å². The number of anilines is 1. The lowest BCUT2D eigenvalue weighted by Crippen LogP contribution is -2.10. The second-order valence-electron chi connectivity index (χ2n) is 8.62. The van der Waals surface area contributed by atoms with Crippen molar-refractivity contribution in [2.45, 2.75) is 19.8 Å². The first-order valence-corrected chi connectivity index (χ1v) is 11.8. The summed E-state index contributed by atoms with van der Waals surface area (Å²) in [6.07, 6.45) is 8.29. The molecule has 0 unspecified atom stereocenters. The average molecular weight is 474 g/mol. The number of nitrogens with one attached hydrogen (secondary N) is 3. The van der Waals surface area contributed by atoms with Crippen molar-refractivity contribution in [3.63, 3.8) is 0 Å². The van der Waals surface area contributed by atoms with Crippen LogP contribution in [0.1, 0.15) is 19.8 Å². The molecule has 6 rings (SSSR count). The van der Waals surface area contributed by atoms with Crippen molar-refractivity contribution in [3.05, 3.63) is 79.4 Å². The Hall–Kier alpha value is -4.85. The maximum absolute atomic E-state index is 12.0. The zero-order valence-corrected chi connectivity index (χ0v) is 19.6. The Labute approximate surface area is 206 Å². The van der Waals surface area contributed by atoms with Gasteiger partial charge >= 0.3 is 0 Å². The number of carbonyl (C=O) groups excluding carboxylic acids is 1. The highest BCUT2D eigenvalue weighted by Gasteiger charge is 2.16. The fourth-order valence-electron chi connectivity index (χ4n) is 4.40. The van der Waals surface area contributed by atoms with Crippen molar-refractivity contribution in [3.8, 4) is 33.8 Å². The number of H-pyrrole nitrogens is 2. The van der Waals surface area contributed by atoms with E-state index >= 15 is 0 Å². The molecule has 0 atom stereocenters. The van der Waals surface area contributed by atoms with Crippen molar-refractivity contribution < 1.29 is 4.79 Å².